The summed E-state index contributed by atoms with van der Waals surface area (Å²) in [6.45, 7) is 3.80. The molecule has 1 aliphatic rings. The number of aryl methyl sites for hydroxylation is 1. The van der Waals surface area contributed by atoms with E-state index in [0.717, 1.165) is 64.2 Å². The van der Waals surface area contributed by atoms with Crippen molar-refractivity contribution in [3.63, 3.8) is 0 Å². The molecule has 0 bridgehead atoms. The Labute approximate surface area is 142 Å². The fourth-order valence-corrected chi connectivity index (χ4v) is 4.43. The topological polar surface area (TPSA) is 97.0 Å². The smallest absolute Gasteiger partial charge is 0.207 e. The Morgan fingerprint density at radius 1 is 1.46 bits per heavy atom. The number of hydrogen-bond donors (Lipinski definition) is 2. The monoisotopic (exact) mass is 342 g/mol. The number of hydrogen-bond acceptors (Lipinski definition) is 7. The normalized spacial score (nSPS) is 18.2. The Kier molecular flexibility index (Phi) is 3.68. The van der Waals surface area contributed by atoms with Crippen molar-refractivity contribution in [1.82, 2.24) is 20.3 Å². The van der Waals surface area contributed by atoms with Crippen LogP contribution in [0.5, 0.6) is 0 Å². The van der Waals surface area contributed by atoms with E-state index in [1.807, 2.05) is 0 Å². The molecule has 0 aromatic carbocycles. The quantitative estimate of drug-likeness (QED) is 0.705. The van der Waals surface area contributed by atoms with Gasteiger partial charge in [-0.05, 0) is 31.4 Å². The van der Waals surface area contributed by atoms with Crippen LogP contribution in [-0.4, -0.2) is 40.5 Å². The maximum absolute atomic E-state index is 10.7. The molecule has 8 heteroatoms. The van der Waals surface area contributed by atoms with Crippen molar-refractivity contribution >= 4 is 49.8 Å². The average Bonchev–Trinajstić information content (AvgIpc) is 2.96. The predicted octanol–water partition coefficient (Wildman–Crippen LogP) is 1.84. The maximum atomic E-state index is 10.7. The van der Waals surface area contributed by atoms with E-state index in [0.29, 0.717) is 5.82 Å². The van der Waals surface area contributed by atoms with Gasteiger partial charge in [-0.2, -0.15) is 0 Å². The highest BCUT2D eigenvalue weighted by atomic mass is 32.1. The second-order valence-electron chi connectivity index (χ2n) is 6.09. The van der Waals surface area contributed by atoms with Crippen molar-refractivity contribution in [2.24, 2.45) is 0 Å². The molecule has 3 N–H and O–H groups in total. The van der Waals surface area contributed by atoms with Gasteiger partial charge >= 0.3 is 0 Å². The van der Waals surface area contributed by atoms with Gasteiger partial charge in [0.2, 0.25) is 6.41 Å². The van der Waals surface area contributed by atoms with E-state index in [1.165, 1.54) is 17.7 Å². The summed E-state index contributed by atoms with van der Waals surface area (Å²) in [5.74, 6) is 1.44. The molecule has 1 atom stereocenters. The molecule has 3 aromatic rings. The molecule has 0 spiro atoms. The van der Waals surface area contributed by atoms with Crippen molar-refractivity contribution in [3.8, 4) is 0 Å². The molecule has 1 saturated heterocycles. The molecular formula is C16H18N6OS. The Morgan fingerprint density at radius 2 is 2.33 bits per heavy atom. The number of anilines is 2. The first-order chi connectivity index (χ1) is 11.7. The van der Waals surface area contributed by atoms with Crippen molar-refractivity contribution < 1.29 is 4.79 Å². The van der Waals surface area contributed by atoms with Gasteiger partial charge in [0, 0.05) is 24.5 Å². The number of fused-ring (bicyclic) bond motifs is 3. The van der Waals surface area contributed by atoms with Crippen LogP contribution in [0.3, 0.4) is 0 Å². The first kappa shape index (κ1) is 15.1. The maximum Gasteiger partial charge on any atom is 0.207 e. The number of rotatable bonds is 3. The number of thiophene rings is 1. The zero-order valence-corrected chi connectivity index (χ0v) is 14.1. The molecule has 0 saturated carbocycles. The molecule has 1 unspecified atom stereocenters. The predicted molar refractivity (Wildman–Crippen MR) is 96.3 cm³/mol. The van der Waals surface area contributed by atoms with E-state index in [9.17, 15) is 4.79 Å². The third-order valence-electron chi connectivity index (χ3n) is 4.49. The van der Waals surface area contributed by atoms with Gasteiger partial charge in [-0.3, -0.25) is 4.79 Å². The summed E-state index contributed by atoms with van der Waals surface area (Å²) in [5, 5.41) is 3.93. The SMILES string of the molecule is Cc1cc(N2CCCC(NC=O)C2)nc2sc3c(N)ncnc3c12. The summed E-state index contributed by atoms with van der Waals surface area (Å²) in [7, 11) is 0. The molecule has 1 fully saturated rings. The number of nitrogens with two attached hydrogens (primary N) is 1. The molecule has 3 aromatic heterocycles. The molecule has 4 rings (SSSR count). The van der Waals surface area contributed by atoms with Gasteiger partial charge in [0.05, 0.1) is 10.2 Å². The van der Waals surface area contributed by atoms with Crippen molar-refractivity contribution in [3.05, 3.63) is 18.0 Å². The summed E-state index contributed by atoms with van der Waals surface area (Å²) in [4.78, 5) is 27.2. The minimum atomic E-state index is 0.179. The van der Waals surface area contributed by atoms with Gasteiger partial charge in [0.15, 0.2) is 0 Å². The second-order valence-corrected chi connectivity index (χ2v) is 7.08. The average molecular weight is 342 g/mol. The van der Waals surface area contributed by atoms with E-state index >= 15 is 0 Å². The molecule has 24 heavy (non-hydrogen) atoms. The number of pyridine rings is 1. The number of amides is 1. The van der Waals surface area contributed by atoms with Crippen molar-refractivity contribution in [1.29, 1.82) is 0 Å². The zero-order chi connectivity index (χ0) is 16.7. The van der Waals surface area contributed by atoms with Crippen LogP contribution in [0.15, 0.2) is 12.4 Å². The van der Waals surface area contributed by atoms with Crippen molar-refractivity contribution in [2.75, 3.05) is 23.7 Å². The van der Waals surface area contributed by atoms with Crippen LogP contribution in [0.25, 0.3) is 20.4 Å². The van der Waals surface area contributed by atoms with Gasteiger partial charge in [-0.15, -0.1) is 11.3 Å². The van der Waals surface area contributed by atoms with E-state index in [1.54, 1.807) is 0 Å². The molecule has 1 amide bonds. The Hall–Kier alpha value is -2.48. The van der Waals surface area contributed by atoms with Gasteiger partial charge in [-0.25, -0.2) is 15.0 Å². The van der Waals surface area contributed by atoms with E-state index in [2.05, 4.69) is 33.2 Å². The summed E-state index contributed by atoms with van der Waals surface area (Å²) >= 11 is 1.53. The highest BCUT2D eigenvalue weighted by molar-refractivity contribution is 7.26. The highest BCUT2D eigenvalue weighted by Gasteiger charge is 2.22. The Bertz CT molecular complexity index is 924. The van der Waals surface area contributed by atoms with Crippen LogP contribution in [-0.2, 0) is 4.79 Å². The molecular weight excluding hydrogens is 324 g/mol. The second kappa shape index (κ2) is 5.86. The third-order valence-corrected chi connectivity index (χ3v) is 5.58. The lowest BCUT2D eigenvalue weighted by molar-refractivity contribution is -0.110. The first-order valence-corrected chi connectivity index (χ1v) is 8.74. The zero-order valence-electron chi connectivity index (χ0n) is 13.3. The van der Waals surface area contributed by atoms with E-state index < -0.39 is 0 Å². The Morgan fingerprint density at radius 3 is 3.17 bits per heavy atom. The third kappa shape index (κ3) is 2.43. The number of nitrogen functional groups attached to an aromatic ring is 1. The van der Waals surface area contributed by atoms with Crippen LogP contribution < -0.4 is 16.0 Å². The summed E-state index contributed by atoms with van der Waals surface area (Å²) in [6.07, 6.45) is 4.32. The van der Waals surface area contributed by atoms with Gasteiger partial charge < -0.3 is 16.0 Å². The number of aromatic nitrogens is 3. The summed E-state index contributed by atoms with van der Waals surface area (Å²) in [6, 6.07) is 2.27. The lowest BCUT2D eigenvalue weighted by Crippen LogP contribution is -2.45. The van der Waals surface area contributed by atoms with Crippen molar-refractivity contribution in [2.45, 2.75) is 25.8 Å². The van der Waals surface area contributed by atoms with Crippen LogP contribution in [0.4, 0.5) is 11.6 Å². The Balaban J connectivity index is 1.79. The number of nitrogens with zero attached hydrogens (tertiary/aromatic N) is 4. The van der Waals surface area contributed by atoms with Gasteiger partial charge in [-0.1, -0.05) is 0 Å². The lowest BCUT2D eigenvalue weighted by Gasteiger charge is -2.33. The fraction of sp³-hybridized carbons (Fsp3) is 0.375. The van der Waals surface area contributed by atoms with Crippen LogP contribution in [0.2, 0.25) is 0 Å². The largest absolute Gasteiger partial charge is 0.382 e. The number of carbonyl (C=O) groups excluding carboxylic acids is 1. The fourth-order valence-electron chi connectivity index (χ4n) is 3.33. The number of carbonyl (C=O) groups is 1. The molecule has 1 aliphatic heterocycles. The van der Waals surface area contributed by atoms with E-state index in [-0.39, 0.29) is 6.04 Å². The van der Waals surface area contributed by atoms with E-state index in [4.69, 9.17) is 10.7 Å². The standard InChI is InChI=1S/C16H18N6OS/c1-9-5-11(22-4-2-3-10(6-22)20-8-23)21-16-12(9)13-14(24-16)15(17)19-7-18-13/h5,7-8,10H,2-4,6H2,1H3,(H,20,23)(H2,17,18,19). The minimum absolute atomic E-state index is 0.179. The molecule has 0 aliphatic carbocycles. The van der Waals surface area contributed by atoms with Crippen LogP contribution in [0, 0.1) is 6.92 Å². The summed E-state index contributed by atoms with van der Waals surface area (Å²) in [5.41, 5.74) is 7.99. The molecule has 7 nitrogen and oxygen atoms in total. The highest BCUT2D eigenvalue weighted by Crippen LogP contribution is 2.37. The minimum Gasteiger partial charge on any atom is -0.382 e. The number of piperidine rings is 1. The number of nitrogens with one attached hydrogen (secondary N) is 1. The molecule has 124 valence electrons. The molecule has 0 radical (unpaired) electrons. The summed E-state index contributed by atoms with van der Waals surface area (Å²) < 4.78 is 0.888. The van der Waals surface area contributed by atoms with Crippen LogP contribution in [0.1, 0.15) is 18.4 Å². The lowest BCUT2D eigenvalue weighted by atomic mass is 10.1. The first-order valence-electron chi connectivity index (χ1n) is 7.92. The van der Waals surface area contributed by atoms with Gasteiger partial charge in [0.25, 0.3) is 0 Å². The molecule has 4 heterocycles. The van der Waals surface area contributed by atoms with Gasteiger partial charge in [0.1, 0.15) is 22.8 Å². The van der Waals surface area contributed by atoms with Crippen LogP contribution >= 0.6 is 11.3 Å².